The smallest absolute Gasteiger partial charge is 0.293 e. The summed E-state index contributed by atoms with van der Waals surface area (Å²) < 4.78 is 1.67. The Labute approximate surface area is 104 Å². The maximum atomic E-state index is 12.4. The van der Waals surface area contributed by atoms with E-state index in [4.69, 9.17) is 0 Å². The lowest BCUT2D eigenvalue weighted by Gasteiger charge is -2.09. The highest BCUT2D eigenvalue weighted by molar-refractivity contribution is 5.79. The van der Waals surface area contributed by atoms with Crippen molar-refractivity contribution in [2.24, 2.45) is 0 Å². The highest BCUT2D eigenvalue weighted by atomic mass is 16.5. The Balaban J connectivity index is 2.67. The first-order valence-electron chi connectivity index (χ1n) is 5.75. The van der Waals surface area contributed by atoms with Crippen molar-refractivity contribution in [2.75, 3.05) is 0 Å². The first kappa shape index (κ1) is 10.8. The number of fused-ring (bicyclic) bond motifs is 2. The van der Waals surface area contributed by atoms with Gasteiger partial charge in [0, 0.05) is 23.8 Å². The van der Waals surface area contributed by atoms with Gasteiger partial charge in [0.15, 0.2) is 0 Å². The van der Waals surface area contributed by atoms with E-state index in [1.807, 2.05) is 19.9 Å². The number of aryl methyl sites for hydroxylation is 2. The second kappa shape index (κ2) is 3.57. The number of nitrogens with zero attached hydrogens (tertiary/aromatic N) is 2. The topological polar surface area (TPSA) is 53.9 Å². The molecule has 2 aromatic carbocycles. The average molecular weight is 240 g/mol. The minimum absolute atomic E-state index is 0.392. The molecule has 1 aromatic heterocycles. The Morgan fingerprint density at radius 2 is 1.39 bits per heavy atom. The molecule has 1 heterocycles. The van der Waals surface area contributed by atoms with E-state index in [1.54, 1.807) is 30.3 Å². The first-order valence-corrected chi connectivity index (χ1v) is 5.75. The minimum atomic E-state index is 0.392. The molecule has 90 valence electrons. The van der Waals surface area contributed by atoms with Crippen LogP contribution >= 0.6 is 0 Å². The second-order valence-corrected chi connectivity index (χ2v) is 4.45. The fraction of sp³-hybridized carbons (Fsp3) is 0.143. The zero-order valence-electron chi connectivity index (χ0n) is 10.2. The van der Waals surface area contributed by atoms with Gasteiger partial charge >= 0.3 is 0 Å². The molecule has 0 saturated carbocycles. The lowest BCUT2D eigenvalue weighted by Crippen LogP contribution is -2.39. The Morgan fingerprint density at radius 3 is 2.06 bits per heavy atom. The van der Waals surface area contributed by atoms with Gasteiger partial charge in [0.1, 0.15) is 0 Å². The van der Waals surface area contributed by atoms with Gasteiger partial charge in [0.25, 0.3) is 22.1 Å². The largest absolute Gasteiger partial charge is 0.617 e. The van der Waals surface area contributed by atoms with E-state index in [9.17, 15) is 10.4 Å². The third-order valence-corrected chi connectivity index (χ3v) is 3.42. The molecule has 0 aliphatic heterocycles. The van der Waals surface area contributed by atoms with Crippen LogP contribution in [-0.4, -0.2) is 0 Å². The maximum Gasteiger partial charge on any atom is 0.293 e. The van der Waals surface area contributed by atoms with Crippen molar-refractivity contribution < 1.29 is 9.46 Å². The summed E-state index contributed by atoms with van der Waals surface area (Å²) in [5, 5.41) is 24.6. The molecular formula is C14H12N2O2. The summed E-state index contributed by atoms with van der Waals surface area (Å²) in [6.07, 6.45) is 0. The number of hydrogen-bond donors (Lipinski definition) is 0. The van der Waals surface area contributed by atoms with Crippen molar-refractivity contribution >= 4 is 22.1 Å². The number of benzene rings is 2. The Kier molecular flexibility index (Phi) is 2.13. The van der Waals surface area contributed by atoms with Crippen molar-refractivity contribution in [1.82, 2.24) is 0 Å². The van der Waals surface area contributed by atoms with Gasteiger partial charge < -0.3 is 10.4 Å². The van der Waals surface area contributed by atoms with Gasteiger partial charge in [-0.15, -0.1) is 0 Å². The van der Waals surface area contributed by atoms with Crippen molar-refractivity contribution in [3.05, 3.63) is 57.9 Å². The molecule has 4 heteroatoms. The van der Waals surface area contributed by atoms with E-state index < -0.39 is 0 Å². The Hall–Kier alpha value is -2.36. The van der Waals surface area contributed by atoms with Crippen LogP contribution in [0.4, 0.5) is 0 Å². The van der Waals surface area contributed by atoms with Gasteiger partial charge in [-0.1, -0.05) is 18.2 Å². The summed E-state index contributed by atoms with van der Waals surface area (Å²) in [6.45, 7) is 3.79. The molecule has 0 fully saturated rings. The molecule has 0 spiro atoms. The van der Waals surface area contributed by atoms with Crippen molar-refractivity contribution in [2.45, 2.75) is 13.8 Å². The van der Waals surface area contributed by atoms with Gasteiger partial charge in [0.2, 0.25) is 0 Å². The van der Waals surface area contributed by atoms with Crippen LogP contribution in [0.2, 0.25) is 0 Å². The van der Waals surface area contributed by atoms with Crippen LogP contribution in [0.5, 0.6) is 0 Å². The van der Waals surface area contributed by atoms with Gasteiger partial charge in [-0.05, 0) is 19.4 Å². The number of rotatable bonds is 0. The number of hydrogen-bond acceptors (Lipinski definition) is 2. The first-order chi connectivity index (χ1) is 8.61. The third-order valence-electron chi connectivity index (χ3n) is 3.42. The van der Waals surface area contributed by atoms with Crippen LogP contribution in [0.3, 0.4) is 0 Å². The standard InChI is InChI=1S/C14H12N2O2/c1-9-7-8-13-14(10(9)2)16(18)12-6-4-3-5-11(12)15(13)17/h3-8H,1-2H3. The van der Waals surface area contributed by atoms with Crippen LogP contribution in [0.25, 0.3) is 22.1 Å². The van der Waals surface area contributed by atoms with Crippen LogP contribution in [-0.2, 0) is 0 Å². The molecule has 0 bridgehead atoms. The summed E-state index contributed by atoms with van der Waals surface area (Å²) in [5.41, 5.74) is 3.49. The van der Waals surface area contributed by atoms with E-state index in [0.29, 0.717) is 22.1 Å². The van der Waals surface area contributed by atoms with E-state index in [-0.39, 0.29) is 0 Å². The van der Waals surface area contributed by atoms with E-state index in [0.717, 1.165) is 20.6 Å². The van der Waals surface area contributed by atoms with Crippen molar-refractivity contribution in [3.8, 4) is 0 Å². The summed E-state index contributed by atoms with van der Waals surface area (Å²) in [4.78, 5) is 0. The molecule has 0 atom stereocenters. The SMILES string of the molecule is Cc1ccc2c(c1C)[n+]([O-])c1ccccc1[n+]2[O-]. The predicted molar refractivity (Wildman–Crippen MR) is 68.8 cm³/mol. The molecule has 18 heavy (non-hydrogen) atoms. The van der Waals surface area contributed by atoms with Crippen LogP contribution in [0.15, 0.2) is 36.4 Å². The van der Waals surface area contributed by atoms with Gasteiger partial charge in [-0.2, -0.15) is 9.46 Å². The average Bonchev–Trinajstić information content (AvgIpc) is 2.39. The maximum absolute atomic E-state index is 12.4. The van der Waals surface area contributed by atoms with E-state index in [2.05, 4.69) is 0 Å². The van der Waals surface area contributed by atoms with Crippen molar-refractivity contribution in [1.29, 1.82) is 0 Å². The zero-order chi connectivity index (χ0) is 12.9. The van der Waals surface area contributed by atoms with Crippen LogP contribution in [0.1, 0.15) is 11.1 Å². The molecule has 0 N–H and O–H groups in total. The number of aromatic nitrogens is 2. The molecule has 0 aliphatic rings. The Morgan fingerprint density at radius 1 is 0.778 bits per heavy atom. The summed E-state index contributed by atoms with van der Waals surface area (Å²) in [5.74, 6) is 0. The van der Waals surface area contributed by atoms with Gasteiger partial charge in [-0.25, -0.2) is 0 Å². The highest BCUT2D eigenvalue weighted by Gasteiger charge is 2.22. The van der Waals surface area contributed by atoms with E-state index in [1.165, 1.54) is 0 Å². The highest BCUT2D eigenvalue weighted by Crippen LogP contribution is 2.18. The molecule has 0 saturated heterocycles. The minimum Gasteiger partial charge on any atom is -0.617 e. The van der Waals surface area contributed by atoms with Gasteiger partial charge in [-0.3, -0.25) is 0 Å². The molecular weight excluding hydrogens is 228 g/mol. The van der Waals surface area contributed by atoms with E-state index >= 15 is 0 Å². The van der Waals surface area contributed by atoms with Crippen molar-refractivity contribution in [3.63, 3.8) is 0 Å². The molecule has 0 aliphatic carbocycles. The molecule has 0 radical (unpaired) electrons. The lowest BCUT2D eigenvalue weighted by molar-refractivity contribution is -0.591. The fourth-order valence-corrected chi connectivity index (χ4v) is 2.26. The predicted octanol–water partition coefficient (Wildman–Crippen LogP) is 1.88. The quantitative estimate of drug-likeness (QED) is 0.342. The molecule has 0 amide bonds. The Bertz CT molecular complexity index is 782. The molecule has 4 nitrogen and oxygen atoms in total. The summed E-state index contributed by atoms with van der Waals surface area (Å²) >= 11 is 0. The second-order valence-electron chi connectivity index (χ2n) is 4.45. The van der Waals surface area contributed by atoms with Crippen LogP contribution < -0.4 is 9.46 Å². The molecule has 0 unspecified atom stereocenters. The molecule has 3 rings (SSSR count). The normalized spacial score (nSPS) is 11.2. The third kappa shape index (κ3) is 1.26. The fourth-order valence-electron chi connectivity index (χ4n) is 2.26. The summed E-state index contributed by atoms with van der Waals surface area (Å²) in [7, 11) is 0. The monoisotopic (exact) mass is 240 g/mol. The zero-order valence-corrected chi connectivity index (χ0v) is 10.2. The van der Waals surface area contributed by atoms with Crippen LogP contribution in [0, 0.1) is 24.3 Å². The lowest BCUT2D eigenvalue weighted by atomic mass is 10.1. The van der Waals surface area contributed by atoms with Gasteiger partial charge in [0.05, 0.1) is 0 Å². The molecule has 3 aromatic rings. The summed E-state index contributed by atoms with van der Waals surface area (Å²) in [6, 6.07) is 10.4. The number of para-hydroxylation sites is 2.